The summed E-state index contributed by atoms with van der Waals surface area (Å²) in [6, 6.07) is 0. The first kappa shape index (κ1) is 49.8. The van der Waals surface area contributed by atoms with Crippen LogP contribution in [0.2, 0.25) is 0 Å². The molecule has 51 heavy (non-hydrogen) atoms. The Morgan fingerprint density at radius 2 is 1.00 bits per heavy atom. The minimum Gasteiger partial charge on any atom is -0.462 e. The van der Waals surface area contributed by atoms with Crippen LogP contribution in [-0.4, -0.2) is 74.9 Å². The van der Waals surface area contributed by atoms with E-state index in [-0.39, 0.29) is 32.0 Å². The maximum atomic E-state index is 12.6. The third-order valence-corrected chi connectivity index (χ3v) is 10.0. The smallest absolute Gasteiger partial charge is 0.462 e. The molecule has 0 saturated heterocycles. The normalized spacial score (nSPS) is 13.8. The molecule has 0 aromatic heterocycles. The average Bonchev–Trinajstić information content (AvgIpc) is 3.07. The van der Waals surface area contributed by atoms with Crippen molar-refractivity contribution in [1.82, 2.24) is 0 Å². The summed E-state index contributed by atoms with van der Waals surface area (Å²) >= 11 is 0. The van der Waals surface area contributed by atoms with E-state index in [0.717, 1.165) is 51.4 Å². The lowest BCUT2D eigenvalue weighted by molar-refractivity contribution is -0.870. The molecular formula is C41H81NO8P+. The quantitative estimate of drug-likeness (QED) is 0.0219. The molecule has 2 atom stereocenters. The molecule has 0 fully saturated rings. The van der Waals surface area contributed by atoms with E-state index in [1.807, 2.05) is 21.1 Å². The summed E-state index contributed by atoms with van der Waals surface area (Å²) in [4.78, 5) is 35.2. The van der Waals surface area contributed by atoms with Crippen LogP contribution in [0.3, 0.4) is 0 Å². The fraction of sp³-hybridized carbons (Fsp3) is 0.902. The van der Waals surface area contributed by atoms with Crippen molar-refractivity contribution in [3.63, 3.8) is 0 Å². The lowest BCUT2D eigenvalue weighted by atomic mass is 10.0. The van der Waals surface area contributed by atoms with Crippen molar-refractivity contribution in [1.29, 1.82) is 0 Å². The fourth-order valence-corrected chi connectivity index (χ4v) is 6.46. The van der Waals surface area contributed by atoms with Gasteiger partial charge in [0.1, 0.15) is 19.8 Å². The van der Waals surface area contributed by atoms with Crippen LogP contribution in [0.15, 0.2) is 12.2 Å². The molecule has 1 unspecified atom stereocenters. The van der Waals surface area contributed by atoms with Crippen molar-refractivity contribution < 1.29 is 42.1 Å². The van der Waals surface area contributed by atoms with Crippen molar-refractivity contribution in [3.8, 4) is 0 Å². The van der Waals surface area contributed by atoms with Gasteiger partial charge in [-0.25, -0.2) is 4.57 Å². The number of hydrogen-bond acceptors (Lipinski definition) is 7. The highest BCUT2D eigenvalue weighted by atomic mass is 31.2. The first-order valence-corrected chi connectivity index (χ1v) is 22.4. The molecule has 10 heteroatoms. The lowest BCUT2D eigenvalue weighted by Crippen LogP contribution is -2.37. The molecule has 0 heterocycles. The zero-order valence-electron chi connectivity index (χ0n) is 33.9. The van der Waals surface area contributed by atoms with Gasteiger partial charge in [0.15, 0.2) is 6.10 Å². The average molecular weight is 747 g/mol. The van der Waals surface area contributed by atoms with E-state index in [1.165, 1.54) is 103 Å². The number of esters is 2. The van der Waals surface area contributed by atoms with Gasteiger partial charge >= 0.3 is 19.8 Å². The summed E-state index contributed by atoms with van der Waals surface area (Å²) in [6.45, 7) is 4.41. The number of carbonyl (C=O) groups is 2. The van der Waals surface area contributed by atoms with Crippen molar-refractivity contribution in [2.24, 2.45) is 0 Å². The van der Waals surface area contributed by atoms with Crippen molar-refractivity contribution in [2.45, 2.75) is 193 Å². The molecule has 0 aliphatic rings. The van der Waals surface area contributed by atoms with Crippen LogP contribution in [0.1, 0.15) is 187 Å². The highest BCUT2D eigenvalue weighted by Gasteiger charge is 2.27. The van der Waals surface area contributed by atoms with Gasteiger partial charge in [-0.05, 0) is 38.5 Å². The zero-order valence-corrected chi connectivity index (χ0v) is 34.7. The standard InChI is InChI=1S/C41H80NO8P/c1-6-8-10-12-14-16-18-20-22-23-25-27-29-31-33-40(43)47-37-39(38-49-51(45,46)48-36-35-42(3,4)5)50-41(44)34-32-30-28-26-24-21-19-17-15-13-11-9-7-2/h18,20,39H,6-17,19,21-38H2,1-5H3/p+1/b20-18-/t39-/m1/s1. The van der Waals surface area contributed by atoms with Gasteiger partial charge in [0.25, 0.3) is 0 Å². The largest absolute Gasteiger partial charge is 0.472 e. The van der Waals surface area contributed by atoms with Gasteiger partial charge in [0.05, 0.1) is 27.7 Å². The summed E-state index contributed by atoms with van der Waals surface area (Å²) in [5.41, 5.74) is 0. The Morgan fingerprint density at radius 3 is 1.45 bits per heavy atom. The summed E-state index contributed by atoms with van der Waals surface area (Å²) in [6.07, 6.45) is 33.9. The highest BCUT2D eigenvalue weighted by molar-refractivity contribution is 7.47. The predicted molar refractivity (Wildman–Crippen MR) is 211 cm³/mol. The Labute approximate surface area is 314 Å². The zero-order chi connectivity index (χ0) is 37.9. The maximum absolute atomic E-state index is 12.6. The monoisotopic (exact) mass is 747 g/mol. The van der Waals surface area contributed by atoms with E-state index < -0.39 is 26.5 Å². The molecule has 0 bridgehead atoms. The van der Waals surface area contributed by atoms with E-state index in [1.54, 1.807) is 0 Å². The van der Waals surface area contributed by atoms with Gasteiger partial charge in [0, 0.05) is 12.8 Å². The number of phosphoric acid groups is 1. The van der Waals surface area contributed by atoms with Gasteiger partial charge in [-0.2, -0.15) is 0 Å². The van der Waals surface area contributed by atoms with Crippen molar-refractivity contribution in [3.05, 3.63) is 12.2 Å². The minimum atomic E-state index is -4.37. The molecule has 302 valence electrons. The number of quaternary nitrogens is 1. The number of phosphoric ester groups is 1. The molecule has 0 aromatic rings. The maximum Gasteiger partial charge on any atom is 0.472 e. The van der Waals surface area contributed by atoms with Crippen molar-refractivity contribution in [2.75, 3.05) is 47.5 Å². The summed E-state index contributed by atoms with van der Waals surface area (Å²) in [5, 5.41) is 0. The minimum absolute atomic E-state index is 0.0334. The number of hydrogen-bond donors (Lipinski definition) is 1. The van der Waals surface area contributed by atoms with Crippen LogP contribution in [-0.2, 0) is 32.7 Å². The first-order valence-electron chi connectivity index (χ1n) is 20.9. The van der Waals surface area contributed by atoms with Crippen molar-refractivity contribution >= 4 is 19.8 Å². The molecular weight excluding hydrogens is 665 g/mol. The van der Waals surface area contributed by atoms with Crippen LogP contribution < -0.4 is 0 Å². The Hall–Kier alpha value is -1.25. The number of nitrogens with zero attached hydrogens (tertiary/aromatic N) is 1. The molecule has 0 amide bonds. The number of unbranched alkanes of at least 4 members (excludes halogenated alkanes) is 22. The Kier molecular flexibility index (Phi) is 33.7. The van der Waals surface area contributed by atoms with Gasteiger partial charge in [-0.15, -0.1) is 0 Å². The number of rotatable bonds is 38. The number of ether oxygens (including phenoxy) is 2. The van der Waals surface area contributed by atoms with Gasteiger partial charge in [-0.3, -0.25) is 18.6 Å². The summed E-state index contributed by atoms with van der Waals surface area (Å²) < 4.78 is 34.2. The van der Waals surface area contributed by atoms with Crippen LogP contribution in [0.25, 0.3) is 0 Å². The van der Waals surface area contributed by atoms with Crippen LogP contribution in [0.4, 0.5) is 0 Å². The van der Waals surface area contributed by atoms with E-state index in [0.29, 0.717) is 17.4 Å². The van der Waals surface area contributed by atoms with E-state index in [4.69, 9.17) is 18.5 Å². The Balaban J connectivity index is 4.39. The molecule has 0 spiro atoms. The van der Waals surface area contributed by atoms with Crippen LogP contribution in [0, 0.1) is 0 Å². The molecule has 1 N–H and O–H groups in total. The van der Waals surface area contributed by atoms with Gasteiger partial charge < -0.3 is 18.9 Å². The predicted octanol–water partition coefficient (Wildman–Crippen LogP) is 11.4. The summed E-state index contributed by atoms with van der Waals surface area (Å²) in [7, 11) is 1.48. The second kappa shape index (κ2) is 34.5. The van der Waals surface area contributed by atoms with E-state index >= 15 is 0 Å². The van der Waals surface area contributed by atoms with Crippen LogP contribution in [0.5, 0.6) is 0 Å². The third-order valence-electron chi connectivity index (χ3n) is 9.05. The number of likely N-dealkylation sites (N-methyl/N-ethyl adjacent to an activating group) is 1. The van der Waals surface area contributed by atoms with E-state index in [9.17, 15) is 19.0 Å². The molecule has 0 rings (SSSR count). The second-order valence-corrected chi connectivity index (χ2v) is 16.8. The molecule has 9 nitrogen and oxygen atoms in total. The molecule has 0 aliphatic carbocycles. The SMILES string of the molecule is CCCCCCC/C=C\CCCCCCCC(=O)OC[C@H](COP(=O)(O)OCC[N+](C)(C)C)OC(=O)CCCCCCCCCCCCCCC. The molecule has 0 radical (unpaired) electrons. The fourth-order valence-electron chi connectivity index (χ4n) is 5.71. The van der Waals surface area contributed by atoms with Gasteiger partial charge in [0.2, 0.25) is 0 Å². The molecule has 0 aliphatic heterocycles. The highest BCUT2D eigenvalue weighted by Crippen LogP contribution is 2.43. The topological polar surface area (TPSA) is 108 Å². The molecule has 0 aromatic carbocycles. The second-order valence-electron chi connectivity index (χ2n) is 15.4. The Bertz CT molecular complexity index is 891. The van der Waals surface area contributed by atoms with Crippen LogP contribution >= 0.6 is 7.82 Å². The molecule has 0 saturated carbocycles. The van der Waals surface area contributed by atoms with E-state index in [2.05, 4.69) is 26.0 Å². The number of allylic oxidation sites excluding steroid dienone is 2. The Morgan fingerprint density at radius 1 is 0.588 bits per heavy atom. The van der Waals surface area contributed by atoms with Gasteiger partial charge in [-0.1, -0.05) is 148 Å². The summed E-state index contributed by atoms with van der Waals surface area (Å²) in [5.74, 6) is -0.802. The third kappa shape index (κ3) is 38.3. The lowest BCUT2D eigenvalue weighted by Gasteiger charge is -2.24. The first-order chi connectivity index (χ1) is 24.5. The number of carbonyl (C=O) groups excluding carboxylic acids is 2.